The van der Waals surface area contributed by atoms with Crippen LogP contribution in [0.3, 0.4) is 0 Å². The Hall–Kier alpha value is -2.14. The van der Waals surface area contributed by atoms with E-state index in [0.717, 1.165) is 5.56 Å². The van der Waals surface area contributed by atoms with Crippen LogP contribution in [0.2, 0.25) is 5.02 Å². The first-order valence-electron chi connectivity index (χ1n) is 6.35. The van der Waals surface area contributed by atoms with Crippen molar-refractivity contribution in [3.63, 3.8) is 0 Å². The summed E-state index contributed by atoms with van der Waals surface area (Å²) in [7, 11) is 0. The molecule has 21 heavy (non-hydrogen) atoms. The third-order valence-corrected chi connectivity index (χ3v) is 3.55. The van der Waals surface area contributed by atoms with Crippen molar-refractivity contribution in [2.75, 3.05) is 5.32 Å². The molecule has 1 N–H and O–H groups in total. The second-order valence-corrected chi connectivity index (χ2v) is 5.20. The van der Waals surface area contributed by atoms with Crippen LogP contribution in [0.4, 0.5) is 15.8 Å². The van der Waals surface area contributed by atoms with E-state index in [2.05, 4.69) is 5.32 Å². The maximum Gasteiger partial charge on any atom is 0.272 e. The normalized spacial score (nSPS) is 12.0. The first-order valence-corrected chi connectivity index (χ1v) is 6.73. The summed E-state index contributed by atoms with van der Waals surface area (Å²) >= 11 is 5.96. The number of aryl methyl sites for hydroxylation is 1. The fourth-order valence-corrected chi connectivity index (χ4v) is 2.24. The molecule has 110 valence electrons. The van der Waals surface area contributed by atoms with Crippen molar-refractivity contribution in [1.29, 1.82) is 0 Å². The van der Waals surface area contributed by atoms with E-state index in [1.165, 1.54) is 24.3 Å². The first kappa shape index (κ1) is 15.3. The molecular formula is C15H14ClFN2O2. The van der Waals surface area contributed by atoms with Gasteiger partial charge in [0.1, 0.15) is 5.82 Å². The summed E-state index contributed by atoms with van der Waals surface area (Å²) in [5.41, 5.74) is 2.02. The second-order valence-electron chi connectivity index (χ2n) is 4.79. The largest absolute Gasteiger partial charge is 0.377 e. The summed E-state index contributed by atoms with van der Waals surface area (Å²) in [6.07, 6.45) is 0. The fraction of sp³-hybridized carbons (Fsp3) is 0.200. The van der Waals surface area contributed by atoms with Gasteiger partial charge in [0.25, 0.3) is 5.69 Å². The number of anilines is 1. The number of rotatable bonds is 4. The lowest BCUT2D eigenvalue weighted by Gasteiger charge is -2.17. The van der Waals surface area contributed by atoms with E-state index in [1.54, 1.807) is 13.0 Å². The van der Waals surface area contributed by atoms with E-state index in [-0.39, 0.29) is 16.8 Å². The zero-order valence-electron chi connectivity index (χ0n) is 11.6. The van der Waals surface area contributed by atoms with E-state index in [1.807, 2.05) is 13.0 Å². The number of halogens is 2. The van der Waals surface area contributed by atoms with Crippen molar-refractivity contribution in [3.05, 3.63) is 68.5 Å². The van der Waals surface area contributed by atoms with E-state index in [0.29, 0.717) is 11.3 Å². The third-order valence-electron chi connectivity index (χ3n) is 3.23. The molecule has 0 spiro atoms. The molecule has 1 atom stereocenters. The van der Waals surface area contributed by atoms with E-state index in [4.69, 9.17) is 11.6 Å². The highest BCUT2D eigenvalue weighted by molar-refractivity contribution is 6.33. The van der Waals surface area contributed by atoms with Gasteiger partial charge < -0.3 is 5.32 Å². The summed E-state index contributed by atoms with van der Waals surface area (Å²) in [5, 5.41) is 14.4. The highest BCUT2D eigenvalue weighted by atomic mass is 35.5. The van der Waals surface area contributed by atoms with Crippen molar-refractivity contribution < 1.29 is 9.31 Å². The molecule has 0 aliphatic rings. The van der Waals surface area contributed by atoms with Crippen molar-refractivity contribution in [2.24, 2.45) is 0 Å². The average Bonchev–Trinajstić information content (AvgIpc) is 2.42. The number of nitro groups is 1. The zero-order valence-corrected chi connectivity index (χ0v) is 12.3. The number of nitrogens with zero attached hydrogens (tertiary/aromatic N) is 1. The average molecular weight is 309 g/mol. The molecule has 4 nitrogen and oxygen atoms in total. The van der Waals surface area contributed by atoms with Crippen LogP contribution < -0.4 is 5.32 Å². The van der Waals surface area contributed by atoms with Crippen molar-refractivity contribution in [3.8, 4) is 0 Å². The lowest BCUT2D eigenvalue weighted by Crippen LogP contribution is -2.08. The summed E-state index contributed by atoms with van der Waals surface area (Å²) in [6.45, 7) is 3.55. The molecule has 0 bridgehead atoms. The molecule has 1 unspecified atom stereocenters. The summed E-state index contributed by atoms with van der Waals surface area (Å²) in [5.74, 6) is -0.413. The highest BCUT2D eigenvalue weighted by Gasteiger charge is 2.15. The van der Waals surface area contributed by atoms with Crippen molar-refractivity contribution in [1.82, 2.24) is 0 Å². The van der Waals surface area contributed by atoms with Crippen LogP contribution in [0.1, 0.15) is 24.1 Å². The molecule has 2 rings (SSSR count). The number of nitrogens with one attached hydrogen (secondary N) is 1. The molecule has 0 amide bonds. The Balaban J connectivity index is 2.26. The number of hydrogen-bond acceptors (Lipinski definition) is 3. The SMILES string of the molecule is Cc1ccc(C(C)Nc2ccc(F)cc2Cl)cc1[N+](=O)[O-]. The summed E-state index contributed by atoms with van der Waals surface area (Å²) < 4.78 is 13.0. The molecule has 0 aromatic heterocycles. The minimum atomic E-state index is -0.413. The van der Waals surface area contributed by atoms with Gasteiger partial charge in [0.05, 0.1) is 15.6 Å². The van der Waals surface area contributed by atoms with Crippen LogP contribution in [-0.2, 0) is 0 Å². The predicted molar refractivity (Wildman–Crippen MR) is 81.3 cm³/mol. The number of hydrogen-bond donors (Lipinski definition) is 1. The maximum absolute atomic E-state index is 13.0. The molecule has 0 aliphatic heterocycles. The Labute approximate surface area is 126 Å². The smallest absolute Gasteiger partial charge is 0.272 e. The van der Waals surface area contributed by atoms with Gasteiger partial charge >= 0.3 is 0 Å². The van der Waals surface area contributed by atoms with Gasteiger partial charge in [-0.2, -0.15) is 0 Å². The van der Waals surface area contributed by atoms with Crippen LogP contribution >= 0.6 is 11.6 Å². The molecule has 0 saturated heterocycles. The lowest BCUT2D eigenvalue weighted by molar-refractivity contribution is -0.385. The van der Waals surface area contributed by atoms with Crippen LogP contribution in [0, 0.1) is 22.9 Å². The molecule has 0 saturated carbocycles. The number of benzene rings is 2. The molecule has 6 heteroatoms. The van der Waals surface area contributed by atoms with Crippen LogP contribution in [0.15, 0.2) is 36.4 Å². The molecule has 0 radical (unpaired) electrons. The lowest BCUT2D eigenvalue weighted by atomic mass is 10.0. The Morgan fingerprint density at radius 1 is 1.29 bits per heavy atom. The van der Waals surface area contributed by atoms with E-state index < -0.39 is 10.7 Å². The minimum absolute atomic E-state index is 0.0753. The van der Waals surface area contributed by atoms with Gasteiger partial charge in [-0.25, -0.2) is 4.39 Å². The molecule has 2 aromatic carbocycles. The highest BCUT2D eigenvalue weighted by Crippen LogP contribution is 2.29. The van der Waals surface area contributed by atoms with Crippen LogP contribution in [0.5, 0.6) is 0 Å². The Bertz CT molecular complexity index is 691. The van der Waals surface area contributed by atoms with Gasteiger partial charge in [-0.05, 0) is 37.6 Å². The zero-order chi connectivity index (χ0) is 15.6. The molecule has 0 fully saturated rings. The maximum atomic E-state index is 13.0. The first-order chi connectivity index (χ1) is 9.88. The topological polar surface area (TPSA) is 55.2 Å². The van der Waals surface area contributed by atoms with Gasteiger partial charge in [0, 0.05) is 17.7 Å². The third kappa shape index (κ3) is 3.49. The van der Waals surface area contributed by atoms with Crippen molar-refractivity contribution in [2.45, 2.75) is 19.9 Å². The standard InChI is InChI=1S/C15H14ClFN2O2/c1-9-3-4-11(7-15(9)19(20)21)10(2)18-14-6-5-12(17)8-13(14)16/h3-8,10,18H,1-2H3. The summed E-state index contributed by atoms with van der Waals surface area (Å²) in [6, 6.07) is 8.91. The van der Waals surface area contributed by atoms with Crippen LogP contribution in [0.25, 0.3) is 0 Å². The van der Waals surface area contributed by atoms with Crippen molar-refractivity contribution >= 4 is 23.0 Å². The molecule has 0 heterocycles. The van der Waals surface area contributed by atoms with Gasteiger partial charge in [0.2, 0.25) is 0 Å². The number of nitro benzene ring substituents is 1. The Morgan fingerprint density at radius 2 is 2.00 bits per heavy atom. The van der Waals surface area contributed by atoms with Gasteiger partial charge in [-0.1, -0.05) is 23.7 Å². The van der Waals surface area contributed by atoms with Gasteiger partial charge in [-0.3, -0.25) is 10.1 Å². The molecular weight excluding hydrogens is 295 g/mol. The molecule has 0 aliphatic carbocycles. The minimum Gasteiger partial charge on any atom is -0.377 e. The predicted octanol–water partition coefficient (Wildman–Crippen LogP) is 4.87. The van der Waals surface area contributed by atoms with Gasteiger partial charge in [-0.15, -0.1) is 0 Å². The Kier molecular flexibility index (Phi) is 4.43. The fourth-order valence-electron chi connectivity index (χ4n) is 2.02. The van der Waals surface area contributed by atoms with Crippen LogP contribution in [-0.4, -0.2) is 4.92 Å². The summed E-state index contributed by atoms with van der Waals surface area (Å²) in [4.78, 5) is 10.6. The Morgan fingerprint density at radius 3 is 2.62 bits per heavy atom. The second kappa shape index (κ2) is 6.10. The van der Waals surface area contributed by atoms with Gasteiger partial charge in [0.15, 0.2) is 0 Å². The molecule has 2 aromatic rings. The van der Waals surface area contributed by atoms with E-state index >= 15 is 0 Å². The monoisotopic (exact) mass is 308 g/mol. The van der Waals surface area contributed by atoms with E-state index in [9.17, 15) is 14.5 Å². The quantitative estimate of drug-likeness (QED) is 0.647.